The van der Waals surface area contributed by atoms with Crippen LogP contribution in [-0.2, 0) is 5.54 Å². The first kappa shape index (κ1) is 9.92. The van der Waals surface area contributed by atoms with Crippen LogP contribution in [0, 0.1) is 10.1 Å². The molecular formula is C10H12N2O3. The van der Waals surface area contributed by atoms with Crippen molar-refractivity contribution in [2.24, 2.45) is 0 Å². The van der Waals surface area contributed by atoms with Gasteiger partial charge in [0.05, 0.1) is 16.0 Å². The zero-order chi connectivity index (χ0) is 11.1. The van der Waals surface area contributed by atoms with E-state index in [4.69, 9.17) is 0 Å². The van der Waals surface area contributed by atoms with Gasteiger partial charge in [0, 0.05) is 6.07 Å². The van der Waals surface area contributed by atoms with Gasteiger partial charge in [-0.15, -0.1) is 0 Å². The zero-order valence-corrected chi connectivity index (χ0v) is 8.36. The van der Waals surface area contributed by atoms with Crippen molar-refractivity contribution in [1.29, 1.82) is 0 Å². The fourth-order valence-electron chi connectivity index (χ4n) is 1.85. The van der Waals surface area contributed by atoms with Crippen molar-refractivity contribution in [3.63, 3.8) is 0 Å². The van der Waals surface area contributed by atoms with Gasteiger partial charge < -0.3 is 10.4 Å². The molecule has 1 aromatic carbocycles. The number of hydrogen-bond donors (Lipinski definition) is 2. The average molecular weight is 208 g/mol. The van der Waals surface area contributed by atoms with Gasteiger partial charge in [0.15, 0.2) is 0 Å². The van der Waals surface area contributed by atoms with E-state index in [-0.39, 0.29) is 17.0 Å². The largest absolute Gasteiger partial charge is 0.508 e. The topological polar surface area (TPSA) is 75.4 Å². The molecular weight excluding hydrogens is 196 g/mol. The normalized spacial score (nSPS) is 17.4. The number of phenolic OH excluding ortho intramolecular Hbond substituents is 1. The van der Waals surface area contributed by atoms with Crippen LogP contribution in [0.15, 0.2) is 18.2 Å². The number of benzene rings is 1. The summed E-state index contributed by atoms with van der Waals surface area (Å²) in [5.41, 5.74) is 0.343. The van der Waals surface area contributed by atoms with E-state index in [1.54, 1.807) is 7.05 Å². The third kappa shape index (κ3) is 1.55. The van der Waals surface area contributed by atoms with Crippen LogP contribution in [0.3, 0.4) is 0 Å². The van der Waals surface area contributed by atoms with Crippen LogP contribution in [0.2, 0.25) is 0 Å². The summed E-state index contributed by atoms with van der Waals surface area (Å²) >= 11 is 0. The minimum Gasteiger partial charge on any atom is -0.508 e. The summed E-state index contributed by atoms with van der Waals surface area (Å²) < 4.78 is 0. The van der Waals surface area contributed by atoms with Gasteiger partial charge in [-0.25, -0.2) is 0 Å². The van der Waals surface area contributed by atoms with E-state index in [9.17, 15) is 15.2 Å². The summed E-state index contributed by atoms with van der Waals surface area (Å²) in [7, 11) is 1.78. The molecule has 2 N–H and O–H groups in total. The summed E-state index contributed by atoms with van der Waals surface area (Å²) in [6, 6.07) is 4.16. The maximum absolute atomic E-state index is 10.8. The molecule has 0 radical (unpaired) electrons. The van der Waals surface area contributed by atoms with Crippen molar-refractivity contribution in [2.75, 3.05) is 7.05 Å². The molecule has 0 saturated heterocycles. The molecule has 1 aliphatic carbocycles. The number of nitro benzene ring substituents is 1. The monoisotopic (exact) mass is 208 g/mol. The van der Waals surface area contributed by atoms with E-state index in [1.807, 2.05) is 0 Å². The minimum atomic E-state index is -0.411. The molecule has 1 fully saturated rings. The predicted octanol–water partition coefficient (Wildman–Crippen LogP) is 1.51. The lowest BCUT2D eigenvalue weighted by Gasteiger charge is -2.14. The van der Waals surface area contributed by atoms with Gasteiger partial charge in [-0.1, -0.05) is 0 Å². The lowest BCUT2D eigenvalue weighted by molar-refractivity contribution is -0.385. The minimum absolute atomic E-state index is 0.0668. The van der Waals surface area contributed by atoms with Crippen LogP contribution in [0.5, 0.6) is 5.75 Å². The molecule has 80 valence electrons. The zero-order valence-electron chi connectivity index (χ0n) is 8.36. The van der Waals surface area contributed by atoms with Gasteiger partial charge in [0.2, 0.25) is 0 Å². The van der Waals surface area contributed by atoms with Crippen LogP contribution in [0.1, 0.15) is 18.4 Å². The van der Waals surface area contributed by atoms with Crippen molar-refractivity contribution in [3.8, 4) is 5.75 Å². The Balaban J connectivity index is 2.53. The third-order valence-electron chi connectivity index (χ3n) is 2.92. The quantitative estimate of drug-likeness (QED) is 0.583. The molecule has 1 aliphatic rings. The Morgan fingerprint density at radius 2 is 2.20 bits per heavy atom. The average Bonchev–Trinajstić information content (AvgIpc) is 2.97. The highest BCUT2D eigenvalue weighted by atomic mass is 16.6. The second kappa shape index (κ2) is 3.20. The Labute approximate surface area is 86.9 Å². The SMILES string of the molecule is CNC1(c2cc(O)ccc2[N+](=O)[O-])CC1. The first-order valence-corrected chi connectivity index (χ1v) is 4.76. The summed E-state index contributed by atoms with van der Waals surface area (Å²) in [6.45, 7) is 0. The molecule has 0 heterocycles. The summed E-state index contributed by atoms with van der Waals surface area (Å²) in [5.74, 6) is 0.0668. The van der Waals surface area contributed by atoms with E-state index in [2.05, 4.69) is 5.32 Å². The second-order valence-corrected chi connectivity index (χ2v) is 3.79. The predicted molar refractivity (Wildman–Crippen MR) is 54.7 cm³/mol. The molecule has 0 aliphatic heterocycles. The lowest BCUT2D eigenvalue weighted by Crippen LogP contribution is -2.25. The van der Waals surface area contributed by atoms with Crippen LogP contribution in [-0.4, -0.2) is 17.1 Å². The molecule has 0 spiro atoms. The molecule has 0 bridgehead atoms. The Morgan fingerprint density at radius 1 is 1.53 bits per heavy atom. The molecule has 1 saturated carbocycles. The first-order valence-electron chi connectivity index (χ1n) is 4.76. The highest BCUT2D eigenvalue weighted by molar-refractivity contribution is 5.51. The third-order valence-corrected chi connectivity index (χ3v) is 2.92. The maximum Gasteiger partial charge on any atom is 0.274 e. The van der Waals surface area contributed by atoms with Crippen molar-refractivity contribution >= 4 is 5.69 Å². The maximum atomic E-state index is 10.8. The first-order chi connectivity index (χ1) is 7.09. The second-order valence-electron chi connectivity index (χ2n) is 3.79. The van der Waals surface area contributed by atoms with Gasteiger partial charge in [-0.2, -0.15) is 0 Å². The number of hydrogen-bond acceptors (Lipinski definition) is 4. The van der Waals surface area contributed by atoms with Crippen molar-refractivity contribution in [1.82, 2.24) is 5.32 Å². The van der Waals surface area contributed by atoms with E-state index < -0.39 is 4.92 Å². The fraction of sp³-hybridized carbons (Fsp3) is 0.400. The number of nitro groups is 1. The van der Waals surface area contributed by atoms with Gasteiger partial charge in [-0.05, 0) is 32.0 Å². The molecule has 2 rings (SSSR count). The summed E-state index contributed by atoms with van der Waals surface area (Å²) in [5, 5.41) is 23.3. The number of aromatic hydroxyl groups is 1. The molecule has 15 heavy (non-hydrogen) atoms. The summed E-state index contributed by atoms with van der Waals surface area (Å²) in [6.07, 6.45) is 1.74. The lowest BCUT2D eigenvalue weighted by atomic mass is 10.0. The Bertz CT molecular complexity index is 413. The molecule has 0 unspecified atom stereocenters. The van der Waals surface area contributed by atoms with Gasteiger partial charge in [0.25, 0.3) is 5.69 Å². The Hall–Kier alpha value is -1.62. The molecule has 0 aromatic heterocycles. The van der Waals surface area contributed by atoms with Gasteiger partial charge in [-0.3, -0.25) is 10.1 Å². The van der Waals surface area contributed by atoms with Crippen LogP contribution in [0.25, 0.3) is 0 Å². The number of nitrogens with zero attached hydrogens (tertiary/aromatic N) is 1. The highest BCUT2D eigenvalue weighted by Crippen LogP contribution is 2.49. The molecule has 5 nitrogen and oxygen atoms in total. The molecule has 1 aromatic rings. The smallest absolute Gasteiger partial charge is 0.274 e. The van der Waals surface area contributed by atoms with E-state index in [0.29, 0.717) is 5.56 Å². The van der Waals surface area contributed by atoms with Crippen molar-refractivity contribution in [2.45, 2.75) is 18.4 Å². The molecule has 5 heteroatoms. The highest BCUT2D eigenvalue weighted by Gasteiger charge is 2.46. The van der Waals surface area contributed by atoms with Crippen LogP contribution in [0.4, 0.5) is 5.69 Å². The van der Waals surface area contributed by atoms with Crippen LogP contribution >= 0.6 is 0 Å². The van der Waals surface area contributed by atoms with E-state index in [0.717, 1.165) is 12.8 Å². The van der Waals surface area contributed by atoms with Crippen LogP contribution < -0.4 is 5.32 Å². The summed E-state index contributed by atoms with van der Waals surface area (Å²) in [4.78, 5) is 10.4. The van der Waals surface area contributed by atoms with Crippen molar-refractivity contribution < 1.29 is 10.0 Å². The fourth-order valence-corrected chi connectivity index (χ4v) is 1.85. The standard InChI is InChI=1S/C10H12N2O3/c1-11-10(4-5-10)8-6-7(13)2-3-9(8)12(14)15/h2-3,6,11,13H,4-5H2,1H3. The van der Waals surface area contributed by atoms with E-state index in [1.165, 1.54) is 18.2 Å². The Morgan fingerprint density at radius 3 is 2.67 bits per heavy atom. The number of nitrogens with one attached hydrogen (secondary N) is 1. The van der Waals surface area contributed by atoms with E-state index >= 15 is 0 Å². The number of phenols is 1. The van der Waals surface area contributed by atoms with Gasteiger partial charge >= 0.3 is 0 Å². The molecule has 0 atom stereocenters. The van der Waals surface area contributed by atoms with Gasteiger partial charge in [0.1, 0.15) is 5.75 Å². The number of rotatable bonds is 3. The Kier molecular flexibility index (Phi) is 2.12. The molecule has 0 amide bonds. The van der Waals surface area contributed by atoms with Crippen molar-refractivity contribution in [3.05, 3.63) is 33.9 Å².